The van der Waals surface area contributed by atoms with E-state index in [0.717, 1.165) is 0 Å². The largest absolute Gasteiger partial charge is 0.370 e. The lowest BCUT2D eigenvalue weighted by atomic mass is 10.1. The molecule has 3 atom stereocenters. The zero-order chi connectivity index (χ0) is 20.1. The molecule has 148 valence electrons. The summed E-state index contributed by atoms with van der Waals surface area (Å²) in [6, 6.07) is -2.21. The maximum Gasteiger partial charge on any atom is 0.243 e. The Morgan fingerprint density at radius 3 is 2.00 bits per heavy atom. The molecule has 0 saturated carbocycles. The number of guanidine groups is 1. The molecule has 26 heavy (non-hydrogen) atoms. The number of aldehydes is 1. The van der Waals surface area contributed by atoms with Gasteiger partial charge in [0.25, 0.3) is 0 Å². The number of nitrogens with zero attached hydrogens (tertiary/aromatic N) is 1. The molecule has 10 heteroatoms. The molecule has 0 rings (SSSR count). The summed E-state index contributed by atoms with van der Waals surface area (Å²) in [5.74, 6) is -1.26. The van der Waals surface area contributed by atoms with Gasteiger partial charge in [0.05, 0.1) is 6.04 Å². The third-order valence-electron chi connectivity index (χ3n) is 3.60. The van der Waals surface area contributed by atoms with Crippen LogP contribution in [0.15, 0.2) is 4.99 Å². The zero-order valence-electron chi connectivity index (χ0n) is 15.6. The normalized spacial score (nSPS) is 13.7. The van der Waals surface area contributed by atoms with Gasteiger partial charge in [0, 0.05) is 13.5 Å². The van der Waals surface area contributed by atoms with Crippen molar-refractivity contribution in [2.45, 2.75) is 64.6 Å². The fraction of sp³-hybridized carbons (Fsp3) is 0.688. The second-order valence-corrected chi connectivity index (χ2v) is 5.83. The highest BCUT2D eigenvalue weighted by Crippen LogP contribution is 2.00. The Hall–Kier alpha value is -2.65. The summed E-state index contributed by atoms with van der Waals surface area (Å²) < 4.78 is 0. The maximum atomic E-state index is 12.3. The summed E-state index contributed by atoms with van der Waals surface area (Å²) in [4.78, 5) is 50.6. The highest BCUT2D eigenvalue weighted by molar-refractivity contribution is 5.92. The first-order valence-electron chi connectivity index (χ1n) is 8.63. The van der Waals surface area contributed by atoms with E-state index >= 15 is 0 Å². The number of nitrogens with one attached hydrogen (secondary N) is 3. The Morgan fingerprint density at radius 1 is 1.00 bits per heavy atom. The number of amides is 3. The van der Waals surface area contributed by atoms with Crippen LogP contribution in [0.5, 0.6) is 0 Å². The third-order valence-corrected chi connectivity index (χ3v) is 3.60. The SMILES string of the molecule is CC[C@H](NC(C)=O)C(=O)N[C@@H](CC)C(=O)N[C@H](C=O)CCCN=C(N)N. The monoisotopic (exact) mass is 370 g/mol. The van der Waals surface area contributed by atoms with Crippen molar-refractivity contribution in [1.29, 1.82) is 0 Å². The van der Waals surface area contributed by atoms with Crippen LogP contribution in [-0.2, 0) is 19.2 Å². The number of aliphatic imine (C=N–C) groups is 1. The molecule has 0 aliphatic heterocycles. The van der Waals surface area contributed by atoms with Gasteiger partial charge >= 0.3 is 0 Å². The molecular weight excluding hydrogens is 340 g/mol. The van der Waals surface area contributed by atoms with E-state index < -0.39 is 29.9 Å². The standard InChI is InChI=1S/C16H30N6O4/c1-4-12(20-10(3)24)15(26)22-13(5-2)14(25)21-11(9-23)7-6-8-19-16(17)18/h9,11-13H,4-8H2,1-3H3,(H,20,24)(H,21,25)(H,22,26)(H4,17,18,19)/t11-,12-,13-/m0/s1. The Labute approximate surface area is 153 Å². The van der Waals surface area contributed by atoms with Crippen LogP contribution in [0.2, 0.25) is 0 Å². The first-order valence-corrected chi connectivity index (χ1v) is 8.63. The summed E-state index contributed by atoms with van der Waals surface area (Å²) in [7, 11) is 0. The van der Waals surface area contributed by atoms with E-state index in [2.05, 4.69) is 20.9 Å². The average Bonchev–Trinajstić information content (AvgIpc) is 2.59. The lowest BCUT2D eigenvalue weighted by Gasteiger charge is -2.22. The van der Waals surface area contributed by atoms with Gasteiger partial charge in [-0.2, -0.15) is 0 Å². The zero-order valence-corrected chi connectivity index (χ0v) is 15.6. The molecule has 0 unspecified atom stereocenters. The molecule has 10 nitrogen and oxygen atoms in total. The van der Waals surface area contributed by atoms with Gasteiger partial charge in [0.2, 0.25) is 17.7 Å². The fourth-order valence-corrected chi connectivity index (χ4v) is 2.20. The van der Waals surface area contributed by atoms with Crippen LogP contribution in [0.3, 0.4) is 0 Å². The van der Waals surface area contributed by atoms with Gasteiger partial charge in [-0.3, -0.25) is 19.4 Å². The van der Waals surface area contributed by atoms with Crippen LogP contribution in [-0.4, -0.2) is 54.6 Å². The molecule has 0 aromatic carbocycles. The van der Waals surface area contributed by atoms with Gasteiger partial charge in [-0.15, -0.1) is 0 Å². The predicted molar refractivity (Wildman–Crippen MR) is 98.0 cm³/mol. The summed E-state index contributed by atoms with van der Waals surface area (Å²) in [6.45, 7) is 5.15. The van der Waals surface area contributed by atoms with Crippen LogP contribution >= 0.6 is 0 Å². The molecule has 0 fully saturated rings. The summed E-state index contributed by atoms with van der Waals surface area (Å²) in [5, 5.41) is 7.71. The minimum absolute atomic E-state index is 0.0323. The molecule has 0 aromatic rings. The van der Waals surface area contributed by atoms with Crippen molar-refractivity contribution >= 4 is 30.0 Å². The van der Waals surface area contributed by atoms with E-state index in [0.29, 0.717) is 38.5 Å². The van der Waals surface area contributed by atoms with Crippen molar-refractivity contribution in [1.82, 2.24) is 16.0 Å². The van der Waals surface area contributed by atoms with Crippen LogP contribution in [0, 0.1) is 0 Å². The highest BCUT2D eigenvalue weighted by atomic mass is 16.2. The maximum absolute atomic E-state index is 12.3. The van der Waals surface area contributed by atoms with Crippen LogP contribution in [0.4, 0.5) is 0 Å². The fourth-order valence-electron chi connectivity index (χ4n) is 2.20. The number of hydrogen-bond acceptors (Lipinski definition) is 5. The van der Waals surface area contributed by atoms with Crippen molar-refractivity contribution in [3.8, 4) is 0 Å². The van der Waals surface area contributed by atoms with Gasteiger partial charge in [-0.25, -0.2) is 0 Å². The first kappa shape index (κ1) is 23.4. The van der Waals surface area contributed by atoms with Crippen molar-refractivity contribution < 1.29 is 19.2 Å². The van der Waals surface area contributed by atoms with E-state index in [-0.39, 0.29) is 11.9 Å². The molecule has 0 heterocycles. The summed E-state index contributed by atoms with van der Waals surface area (Å²) in [6.07, 6.45) is 2.26. The van der Waals surface area contributed by atoms with Gasteiger partial charge in [0.15, 0.2) is 5.96 Å². The minimum atomic E-state index is -0.800. The molecule has 0 saturated heterocycles. The van der Waals surface area contributed by atoms with Gasteiger partial charge in [0.1, 0.15) is 18.4 Å². The molecule has 7 N–H and O–H groups in total. The molecule has 0 aliphatic rings. The molecule has 0 radical (unpaired) electrons. The number of nitrogens with two attached hydrogens (primary N) is 2. The Balaban J connectivity index is 4.65. The third kappa shape index (κ3) is 9.60. The highest BCUT2D eigenvalue weighted by Gasteiger charge is 2.25. The molecular formula is C16H30N6O4. The second-order valence-electron chi connectivity index (χ2n) is 5.83. The lowest BCUT2D eigenvalue weighted by Crippen LogP contribution is -2.54. The van der Waals surface area contributed by atoms with E-state index in [9.17, 15) is 19.2 Å². The molecule has 0 spiro atoms. The van der Waals surface area contributed by atoms with Gasteiger partial charge in [-0.1, -0.05) is 13.8 Å². The van der Waals surface area contributed by atoms with E-state index in [4.69, 9.17) is 11.5 Å². The minimum Gasteiger partial charge on any atom is -0.370 e. The smallest absolute Gasteiger partial charge is 0.243 e. The average molecular weight is 370 g/mol. The first-order chi connectivity index (χ1) is 12.2. The predicted octanol–water partition coefficient (Wildman–Crippen LogP) is -1.47. The van der Waals surface area contributed by atoms with Crippen LogP contribution < -0.4 is 27.4 Å². The van der Waals surface area contributed by atoms with Gasteiger partial charge < -0.3 is 32.2 Å². The Bertz CT molecular complexity index is 519. The van der Waals surface area contributed by atoms with E-state index in [1.165, 1.54) is 6.92 Å². The summed E-state index contributed by atoms with van der Waals surface area (Å²) >= 11 is 0. The van der Waals surface area contributed by atoms with Crippen LogP contribution in [0.25, 0.3) is 0 Å². The van der Waals surface area contributed by atoms with Gasteiger partial charge in [-0.05, 0) is 25.7 Å². The second kappa shape index (κ2) is 12.7. The molecule has 0 bridgehead atoms. The van der Waals surface area contributed by atoms with Crippen molar-refractivity contribution in [3.63, 3.8) is 0 Å². The topological polar surface area (TPSA) is 169 Å². The Morgan fingerprint density at radius 2 is 1.54 bits per heavy atom. The molecule has 3 amide bonds. The van der Waals surface area contributed by atoms with E-state index in [1.807, 2.05) is 0 Å². The Kier molecular flexibility index (Phi) is 11.4. The van der Waals surface area contributed by atoms with Crippen LogP contribution in [0.1, 0.15) is 46.5 Å². The molecule has 0 aromatic heterocycles. The van der Waals surface area contributed by atoms with Crippen molar-refractivity contribution in [3.05, 3.63) is 0 Å². The van der Waals surface area contributed by atoms with Crippen molar-refractivity contribution in [2.24, 2.45) is 16.5 Å². The quantitative estimate of drug-likeness (QED) is 0.122. The molecule has 0 aliphatic carbocycles. The number of rotatable bonds is 12. The van der Waals surface area contributed by atoms with E-state index in [1.54, 1.807) is 13.8 Å². The number of carbonyl (C=O) groups excluding carboxylic acids is 4. The van der Waals surface area contributed by atoms with Crippen molar-refractivity contribution in [2.75, 3.05) is 6.54 Å². The summed E-state index contributed by atoms with van der Waals surface area (Å²) in [5.41, 5.74) is 10.4. The number of hydrogen-bond donors (Lipinski definition) is 5. The number of carbonyl (C=O) groups is 4. The lowest BCUT2D eigenvalue weighted by molar-refractivity contribution is -0.132.